The normalized spacial score (nSPS) is 13.8. The van der Waals surface area contributed by atoms with Crippen molar-refractivity contribution < 1.29 is 9.53 Å². The van der Waals surface area contributed by atoms with E-state index >= 15 is 0 Å². The van der Waals surface area contributed by atoms with Crippen molar-refractivity contribution in [2.45, 2.75) is 123 Å². The van der Waals surface area contributed by atoms with Gasteiger partial charge in [-0.1, -0.05) is 0 Å². The first kappa shape index (κ1) is 26.6. The molecule has 0 saturated carbocycles. The van der Waals surface area contributed by atoms with Crippen LogP contribution in [0, 0.1) is 0 Å². The van der Waals surface area contributed by atoms with E-state index in [4.69, 9.17) is 17.4 Å². The van der Waals surface area contributed by atoms with Gasteiger partial charge in [0.05, 0.1) is 0 Å². The first-order chi connectivity index (χ1) is 12.6. The predicted octanol–water partition coefficient (Wildman–Crippen LogP) is 7.12. The van der Waals surface area contributed by atoms with Crippen LogP contribution < -0.4 is 0 Å². The summed E-state index contributed by atoms with van der Waals surface area (Å²) in [5.41, 5.74) is 0. The summed E-state index contributed by atoms with van der Waals surface area (Å²) in [6.07, 6.45) is 15.4. The Labute approximate surface area is 176 Å². The number of carbonyl (C=O) groups excluding carboxylic acids is 1. The molecule has 0 aliphatic rings. The summed E-state index contributed by atoms with van der Waals surface area (Å²) >= 11 is 3.00. The molecule has 156 valence electrons. The Morgan fingerprint density at radius 3 is 1.77 bits per heavy atom. The number of thiol groups is 1. The summed E-state index contributed by atoms with van der Waals surface area (Å²) < 4.78 is 8.02. The Kier molecular flexibility index (Phi) is 18.1. The van der Waals surface area contributed by atoms with Gasteiger partial charge in [0.2, 0.25) is 0 Å². The number of hydrogen-bond acceptors (Lipinski definition) is 3. The fourth-order valence-electron chi connectivity index (χ4n) is 3.64. The van der Waals surface area contributed by atoms with Gasteiger partial charge in [-0.05, 0) is 0 Å². The number of rotatable bonds is 18. The zero-order valence-corrected chi connectivity index (χ0v) is 22.3. The van der Waals surface area contributed by atoms with Crippen LogP contribution in [0.15, 0.2) is 0 Å². The molecule has 0 radical (unpaired) electrons. The van der Waals surface area contributed by atoms with E-state index in [0.717, 1.165) is 25.7 Å². The molecule has 0 spiro atoms. The van der Waals surface area contributed by atoms with Crippen molar-refractivity contribution in [2.24, 2.45) is 0 Å². The number of carbonyl (C=O) groups is 1. The Morgan fingerprint density at radius 2 is 1.27 bits per heavy atom. The molecule has 0 aliphatic heterocycles. The Morgan fingerprint density at radius 1 is 0.769 bits per heavy atom. The Hall–Kier alpha value is 0.619. The van der Waals surface area contributed by atoms with Gasteiger partial charge in [-0.15, -0.1) is 0 Å². The van der Waals surface area contributed by atoms with Crippen LogP contribution in [-0.4, -0.2) is 35.1 Å². The second-order valence-electron chi connectivity index (χ2n) is 7.91. The Balaban J connectivity index is 4.92. The topological polar surface area (TPSA) is 26.3 Å². The van der Waals surface area contributed by atoms with E-state index in [9.17, 15) is 4.79 Å². The van der Waals surface area contributed by atoms with E-state index in [-0.39, 0.29) is 8.73 Å². The molecule has 0 amide bonds. The summed E-state index contributed by atoms with van der Waals surface area (Å²) in [5, 5.41) is 0. The van der Waals surface area contributed by atoms with Crippen LogP contribution >= 0.6 is 12.6 Å². The van der Waals surface area contributed by atoms with Crippen molar-refractivity contribution in [3.63, 3.8) is 0 Å². The zero-order valence-electron chi connectivity index (χ0n) is 18.2. The molecule has 0 aromatic carbocycles. The van der Waals surface area contributed by atoms with E-state index in [1.54, 1.807) is 0 Å². The van der Waals surface area contributed by atoms with Gasteiger partial charge in [0.15, 0.2) is 0 Å². The molecule has 0 aliphatic carbocycles. The minimum absolute atomic E-state index is 0.0434. The van der Waals surface area contributed by atoms with Crippen LogP contribution in [0.2, 0.25) is 8.87 Å². The van der Waals surface area contributed by atoms with Crippen molar-refractivity contribution in [3.8, 4) is 0 Å². The molecule has 0 bridgehead atoms. The molecule has 0 aromatic heterocycles. The van der Waals surface area contributed by atoms with E-state index in [0.29, 0.717) is 6.61 Å². The summed E-state index contributed by atoms with van der Waals surface area (Å²) in [7, 11) is 0. The van der Waals surface area contributed by atoms with Gasteiger partial charge >= 0.3 is 177 Å². The third kappa shape index (κ3) is 11.5. The van der Waals surface area contributed by atoms with Crippen molar-refractivity contribution in [1.29, 1.82) is 0 Å². The van der Waals surface area contributed by atoms with Gasteiger partial charge in [0.1, 0.15) is 0 Å². The average molecular weight is 493 g/mol. The van der Waals surface area contributed by atoms with Crippen LogP contribution in [0.3, 0.4) is 0 Å². The number of esters is 1. The van der Waals surface area contributed by atoms with Gasteiger partial charge in [-0.2, -0.15) is 0 Å². The fraction of sp³-hybridized carbons (Fsp3) is 0.955. The number of unbranched alkanes of at least 4 members (excludes halogenated alkanes) is 8. The third-order valence-electron chi connectivity index (χ3n) is 5.48. The van der Waals surface area contributed by atoms with Gasteiger partial charge in [-0.25, -0.2) is 0 Å². The summed E-state index contributed by atoms with van der Waals surface area (Å²) in [6, 6.07) is 0. The van der Waals surface area contributed by atoms with Crippen LogP contribution in [-0.2, 0) is 9.53 Å². The molecule has 1 atom stereocenters. The molecule has 0 heterocycles. The van der Waals surface area contributed by atoms with Crippen LogP contribution in [0.1, 0.15) is 111 Å². The Bertz CT molecular complexity index is 330. The molecule has 2 nitrogen and oxygen atoms in total. The zero-order chi connectivity index (χ0) is 19.7. The standard InChI is InChI=1S/C14H27O2S.2C4H9.Sn.H/c1-3-5-7-9-11-13(17)14(15)16-12-10-8-6-4-2;2*1-3-4-2;;/h17H,3-12H2,1-2H3;2*1,3-4H2,2H3;;. The summed E-state index contributed by atoms with van der Waals surface area (Å²) in [5.74, 6) is 0.0434. The van der Waals surface area contributed by atoms with E-state index in [1.165, 1.54) is 66.7 Å². The number of ether oxygens (including phenoxy) is 1. The first-order valence-corrected chi connectivity index (χ1v) is 18.2. The molecule has 0 fully saturated rings. The maximum atomic E-state index is 13.1. The molecule has 0 aromatic rings. The average Bonchev–Trinajstić information content (AvgIpc) is 2.64. The van der Waals surface area contributed by atoms with Crippen molar-refractivity contribution in [3.05, 3.63) is 0 Å². The second-order valence-corrected chi connectivity index (χ2v) is 20.2. The monoisotopic (exact) mass is 494 g/mol. The van der Waals surface area contributed by atoms with Crippen LogP contribution in [0.5, 0.6) is 0 Å². The van der Waals surface area contributed by atoms with Gasteiger partial charge in [-0.3, -0.25) is 0 Å². The first-order valence-electron chi connectivity index (χ1n) is 11.5. The second kappa shape index (κ2) is 17.7. The molecule has 0 saturated heterocycles. The maximum absolute atomic E-state index is 13.1. The molecule has 4 heteroatoms. The van der Waals surface area contributed by atoms with Gasteiger partial charge in [0.25, 0.3) is 0 Å². The van der Waals surface area contributed by atoms with E-state index < -0.39 is 19.8 Å². The van der Waals surface area contributed by atoms with Gasteiger partial charge < -0.3 is 0 Å². The van der Waals surface area contributed by atoms with Crippen LogP contribution in [0.25, 0.3) is 0 Å². The predicted molar refractivity (Wildman–Crippen MR) is 122 cm³/mol. The van der Waals surface area contributed by atoms with E-state index in [1.807, 2.05) is 0 Å². The van der Waals surface area contributed by atoms with Crippen molar-refractivity contribution in [1.82, 2.24) is 0 Å². The molecule has 26 heavy (non-hydrogen) atoms. The molecule has 1 unspecified atom stereocenters. The fourth-order valence-corrected chi connectivity index (χ4v) is 17.2. The van der Waals surface area contributed by atoms with Gasteiger partial charge in [0, 0.05) is 0 Å². The molecular formula is C22H46O2SSn. The minimum atomic E-state index is -2.12. The molecular weight excluding hydrogens is 447 g/mol. The third-order valence-corrected chi connectivity index (χ3v) is 20.0. The molecule has 0 rings (SSSR count). The van der Waals surface area contributed by atoms with Crippen molar-refractivity contribution >= 4 is 38.4 Å². The number of hydrogen-bond donors (Lipinski definition) is 1. The summed E-state index contributed by atoms with van der Waals surface area (Å²) in [4.78, 5) is 13.1. The van der Waals surface area contributed by atoms with Crippen LogP contribution in [0.4, 0.5) is 0 Å². The molecule has 0 N–H and O–H groups in total. The van der Waals surface area contributed by atoms with E-state index in [2.05, 4.69) is 27.7 Å². The quantitative estimate of drug-likeness (QED) is 0.0953. The summed E-state index contributed by atoms with van der Waals surface area (Å²) in [6.45, 7) is 9.56. The van der Waals surface area contributed by atoms with Crippen molar-refractivity contribution in [2.75, 3.05) is 6.61 Å². The SMILES string of the molecule is CCCCCCOC(=O)[C](S)(CCCCCC)[SnH]([CH2]CCC)[CH2]CCC.